The molecule has 0 saturated carbocycles. The molecule has 3 N–H and O–H groups in total. The molecule has 0 spiro atoms. The third-order valence-electron chi connectivity index (χ3n) is 2.62. The summed E-state index contributed by atoms with van der Waals surface area (Å²) in [5.41, 5.74) is 8.96. The molecule has 0 atom stereocenters. The Morgan fingerprint density at radius 1 is 1.25 bits per heavy atom. The van der Waals surface area contributed by atoms with Crippen LogP contribution in [0, 0.1) is 6.92 Å². The van der Waals surface area contributed by atoms with Crippen molar-refractivity contribution in [3.63, 3.8) is 0 Å². The summed E-state index contributed by atoms with van der Waals surface area (Å²) in [4.78, 5) is 0. The van der Waals surface area contributed by atoms with E-state index in [1.165, 1.54) is 30.7 Å². The van der Waals surface area contributed by atoms with E-state index < -0.39 is 0 Å². The number of thioether (sulfide) groups is 1. The molecule has 2 nitrogen and oxygen atoms in total. The molecular weight excluding hydrogens is 216 g/mol. The van der Waals surface area contributed by atoms with E-state index in [-0.39, 0.29) is 0 Å². The lowest BCUT2D eigenvalue weighted by Gasteiger charge is -2.08. The Morgan fingerprint density at radius 3 is 2.75 bits per heavy atom. The topological polar surface area (TPSA) is 38.0 Å². The molecule has 1 aromatic carbocycles. The second kappa shape index (κ2) is 7.44. The number of aryl methyl sites for hydroxylation is 1. The van der Waals surface area contributed by atoms with E-state index >= 15 is 0 Å². The first-order valence-corrected chi connectivity index (χ1v) is 7.22. The first kappa shape index (κ1) is 13.2. The second-order valence-corrected chi connectivity index (χ2v) is 5.04. The fourth-order valence-electron chi connectivity index (χ4n) is 1.57. The van der Waals surface area contributed by atoms with Gasteiger partial charge in [0.25, 0.3) is 0 Å². The van der Waals surface area contributed by atoms with Gasteiger partial charge in [-0.05, 0) is 55.5 Å². The highest BCUT2D eigenvalue weighted by Gasteiger charge is 1.96. The van der Waals surface area contributed by atoms with Crippen molar-refractivity contribution in [2.75, 3.05) is 29.6 Å². The van der Waals surface area contributed by atoms with Gasteiger partial charge < -0.3 is 11.1 Å². The molecule has 1 aromatic rings. The van der Waals surface area contributed by atoms with Crippen LogP contribution < -0.4 is 11.1 Å². The fraction of sp³-hybridized carbons (Fsp3) is 0.538. The van der Waals surface area contributed by atoms with Crippen molar-refractivity contribution in [2.45, 2.75) is 26.2 Å². The largest absolute Gasteiger partial charge is 0.399 e. The Kier molecular flexibility index (Phi) is 6.16. The van der Waals surface area contributed by atoms with Gasteiger partial charge in [0.05, 0.1) is 0 Å². The number of benzene rings is 1. The normalized spacial score (nSPS) is 10.4. The van der Waals surface area contributed by atoms with Crippen molar-refractivity contribution in [3.8, 4) is 0 Å². The molecule has 0 aliphatic heterocycles. The monoisotopic (exact) mass is 238 g/mol. The summed E-state index contributed by atoms with van der Waals surface area (Å²) in [6.45, 7) is 3.09. The third-order valence-corrected chi connectivity index (χ3v) is 3.32. The Hall–Kier alpha value is -0.830. The lowest BCUT2D eigenvalue weighted by Crippen LogP contribution is -2.02. The van der Waals surface area contributed by atoms with Crippen molar-refractivity contribution in [1.29, 1.82) is 0 Å². The Morgan fingerprint density at radius 2 is 2.06 bits per heavy atom. The molecule has 0 aliphatic rings. The average Bonchev–Trinajstić information content (AvgIpc) is 2.28. The van der Waals surface area contributed by atoms with Crippen LogP contribution in [-0.4, -0.2) is 18.6 Å². The minimum absolute atomic E-state index is 0.866. The maximum atomic E-state index is 5.77. The molecule has 0 aliphatic carbocycles. The molecule has 0 aromatic heterocycles. The van der Waals surface area contributed by atoms with Gasteiger partial charge in [0.1, 0.15) is 0 Å². The van der Waals surface area contributed by atoms with Gasteiger partial charge >= 0.3 is 0 Å². The summed E-state index contributed by atoms with van der Waals surface area (Å²) < 4.78 is 0. The molecule has 0 saturated heterocycles. The van der Waals surface area contributed by atoms with Crippen LogP contribution in [0.1, 0.15) is 24.8 Å². The first-order valence-electron chi connectivity index (χ1n) is 5.83. The molecule has 0 radical (unpaired) electrons. The lowest BCUT2D eigenvalue weighted by atomic mass is 10.2. The van der Waals surface area contributed by atoms with Crippen LogP contribution >= 0.6 is 11.8 Å². The summed E-state index contributed by atoms with van der Waals surface area (Å²) >= 11 is 1.93. The van der Waals surface area contributed by atoms with Crippen molar-refractivity contribution < 1.29 is 0 Å². The Labute approximate surface area is 103 Å². The lowest BCUT2D eigenvalue weighted by molar-refractivity contribution is 0.750. The highest BCUT2D eigenvalue weighted by atomic mass is 32.2. The van der Waals surface area contributed by atoms with E-state index in [4.69, 9.17) is 5.73 Å². The van der Waals surface area contributed by atoms with Gasteiger partial charge in [0.2, 0.25) is 0 Å². The molecular formula is C13H22N2S. The summed E-state index contributed by atoms with van der Waals surface area (Å²) in [5.74, 6) is 1.28. The van der Waals surface area contributed by atoms with E-state index in [9.17, 15) is 0 Å². The predicted octanol–water partition coefficient (Wildman–Crippen LogP) is 3.52. The van der Waals surface area contributed by atoms with Gasteiger partial charge in [0.15, 0.2) is 0 Å². The number of unbranched alkanes of at least 4 members (excludes halogenated alkanes) is 2. The quantitative estimate of drug-likeness (QED) is 0.564. The molecule has 3 heteroatoms. The minimum Gasteiger partial charge on any atom is -0.399 e. The van der Waals surface area contributed by atoms with Gasteiger partial charge in [-0.25, -0.2) is 0 Å². The van der Waals surface area contributed by atoms with Crippen LogP contribution in [0.4, 0.5) is 11.4 Å². The summed E-state index contributed by atoms with van der Waals surface area (Å²) in [5, 5.41) is 3.43. The van der Waals surface area contributed by atoms with Crippen LogP contribution in [0.3, 0.4) is 0 Å². The first-order chi connectivity index (χ1) is 7.74. The summed E-state index contributed by atoms with van der Waals surface area (Å²) in [6, 6.07) is 6.12. The summed E-state index contributed by atoms with van der Waals surface area (Å²) in [6.07, 6.45) is 6.03. The number of anilines is 2. The molecule has 0 bridgehead atoms. The van der Waals surface area contributed by atoms with E-state index in [0.717, 1.165) is 17.8 Å². The van der Waals surface area contributed by atoms with Gasteiger partial charge in [-0.1, -0.05) is 6.42 Å². The highest BCUT2D eigenvalue weighted by Crippen LogP contribution is 2.16. The van der Waals surface area contributed by atoms with E-state index in [2.05, 4.69) is 17.6 Å². The molecule has 0 unspecified atom stereocenters. The van der Waals surface area contributed by atoms with Crippen LogP contribution in [0.2, 0.25) is 0 Å². The third kappa shape index (κ3) is 4.79. The zero-order valence-electron chi connectivity index (χ0n) is 10.3. The maximum absolute atomic E-state index is 5.77. The van der Waals surface area contributed by atoms with Gasteiger partial charge in [-0.2, -0.15) is 11.8 Å². The summed E-state index contributed by atoms with van der Waals surface area (Å²) in [7, 11) is 0. The zero-order chi connectivity index (χ0) is 11.8. The van der Waals surface area contributed by atoms with Crippen molar-refractivity contribution in [1.82, 2.24) is 0 Å². The average molecular weight is 238 g/mol. The van der Waals surface area contributed by atoms with Gasteiger partial charge in [0, 0.05) is 17.9 Å². The maximum Gasteiger partial charge on any atom is 0.0345 e. The van der Waals surface area contributed by atoms with E-state index in [1.807, 2.05) is 30.8 Å². The van der Waals surface area contributed by atoms with Gasteiger partial charge in [-0.3, -0.25) is 0 Å². The number of nitrogen functional groups attached to an aromatic ring is 1. The second-order valence-electron chi connectivity index (χ2n) is 4.05. The van der Waals surface area contributed by atoms with E-state index in [0.29, 0.717) is 0 Å². The Bertz CT molecular complexity index is 313. The number of hydrogen-bond donors (Lipinski definition) is 2. The van der Waals surface area contributed by atoms with Crippen LogP contribution in [0.25, 0.3) is 0 Å². The van der Waals surface area contributed by atoms with E-state index in [1.54, 1.807) is 0 Å². The van der Waals surface area contributed by atoms with Crippen molar-refractivity contribution in [3.05, 3.63) is 23.8 Å². The standard InChI is InChI=1S/C13H22N2S/c1-11-10-12(6-7-13(11)14)15-8-4-3-5-9-16-2/h6-7,10,15H,3-5,8-9,14H2,1-2H3. The van der Waals surface area contributed by atoms with Crippen LogP contribution in [0.15, 0.2) is 18.2 Å². The van der Waals surface area contributed by atoms with Gasteiger partial charge in [-0.15, -0.1) is 0 Å². The molecule has 90 valence electrons. The number of rotatable bonds is 7. The Balaban J connectivity index is 2.19. The zero-order valence-corrected chi connectivity index (χ0v) is 11.1. The van der Waals surface area contributed by atoms with Crippen molar-refractivity contribution >= 4 is 23.1 Å². The smallest absolute Gasteiger partial charge is 0.0345 e. The molecule has 16 heavy (non-hydrogen) atoms. The highest BCUT2D eigenvalue weighted by molar-refractivity contribution is 7.98. The van der Waals surface area contributed by atoms with Crippen molar-refractivity contribution in [2.24, 2.45) is 0 Å². The fourth-order valence-corrected chi connectivity index (χ4v) is 2.06. The number of hydrogen-bond acceptors (Lipinski definition) is 3. The predicted molar refractivity (Wildman–Crippen MR) is 76.3 cm³/mol. The van der Waals surface area contributed by atoms with Crippen LogP contribution in [0.5, 0.6) is 0 Å². The molecule has 0 fully saturated rings. The molecule has 0 heterocycles. The molecule has 1 rings (SSSR count). The minimum atomic E-state index is 0.866. The molecule has 0 amide bonds. The SMILES string of the molecule is CSCCCCCNc1ccc(N)c(C)c1. The van der Waals surface area contributed by atoms with Crippen LogP contribution in [-0.2, 0) is 0 Å². The number of nitrogens with two attached hydrogens (primary N) is 1. The number of nitrogens with one attached hydrogen (secondary N) is 1.